The summed E-state index contributed by atoms with van der Waals surface area (Å²) < 4.78 is 0. The molecule has 3 heteroatoms. The Morgan fingerprint density at radius 3 is 0.970 bits per heavy atom. The second-order valence-corrected chi connectivity index (χ2v) is 10.7. The summed E-state index contributed by atoms with van der Waals surface area (Å²) in [5, 5.41) is 0. The molecule has 4 aliphatic heterocycles. The number of benzene rings is 3. The lowest BCUT2D eigenvalue weighted by atomic mass is 9.61. The average molecular weight is 436 g/mol. The molecule has 4 heterocycles. The number of hydrogen-bond acceptors (Lipinski definition) is 3. The Labute approximate surface area is 197 Å². The Hall–Kier alpha value is -2.46. The molecule has 1 aliphatic carbocycles. The van der Waals surface area contributed by atoms with Crippen molar-refractivity contribution < 1.29 is 0 Å². The molecule has 33 heavy (non-hydrogen) atoms. The first kappa shape index (κ1) is 20.0. The molecule has 0 N–H and O–H groups in total. The highest BCUT2D eigenvalue weighted by molar-refractivity contribution is 5.22. The van der Waals surface area contributed by atoms with Gasteiger partial charge < -0.3 is 0 Å². The van der Waals surface area contributed by atoms with E-state index in [0.717, 1.165) is 37.4 Å². The van der Waals surface area contributed by atoms with Crippen LogP contribution in [-0.2, 0) is 19.6 Å². The monoisotopic (exact) mass is 435 g/mol. The molecule has 1 saturated carbocycles. The Morgan fingerprint density at radius 1 is 0.424 bits per heavy atom. The van der Waals surface area contributed by atoms with Crippen molar-refractivity contribution in [2.45, 2.75) is 57.4 Å². The van der Waals surface area contributed by atoms with E-state index in [1.165, 1.54) is 36.0 Å². The highest BCUT2D eigenvalue weighted by atomic mass is 15.6. The van der Waals surface area contributed by atoms with Gasteiger partial charge in [-0.1, -0.05) is 91.0 Å². The van der Waals surface area contributed by atoms with Gasteiger partial charge in [0, 0.05) is 19.6 Å². The lowest BCUT2D eigenvalue weighted by Gasteiger charge is -2.72. The van der Waals surface area contributed by atoms with Crippen LogP contribution in [0, 0.1) is 17.8 Å². The first-order valence-electron chi connectivity index (χ1n) is 12.7. The molecule has 5 fully saturated rings. The summed E-state index contributed by atoms with van der Waals surface area (Å²) in [5.74, 6) is 2.44. The summed E-state index contributed by atoms with van der Waals surface area (Å²) in [6.07, 6.45) is 5.88. The standard InChI is InChI=1S/C30H33N3/c1-4-10-22(11-5-1)19-31-28-25-16-26-18-27(17-25)30(32(28)20-23-12-6-2-7-13-23)33(29(26)31)21-24-14-8-3-9-15-24/h1-15,25-30H,16-21H2. The normalized spacial score (nSPS) is 33.1. The SMILES string of the molecule is c1ccc(CN2C3C4CC5CC(C4)C(N3Cc3ccccc3)N(Cc3ccccc3)C52)cc1. The fourth-order valence-electron chi connectivity index (χ4n) is 7.80. The van der Waals surface area contributed by atoms with Crippen molar-refractivity contribution in [2.75, 3.05) is 0 Å². The minimum atomic E-state index is 0.556. The molecular weight excluding hydrogens is 402 g/mol. The van der Waals surface area contributed by atoms with Crippen molar-refractivity contribution in [3.05, 3.63) is 108 Å². The maximum atomic E-state index is 2.89. The van der Waals surface area contributed by atoms with Gasteiger partial charge in [0.05, 0.1) is 18.5 Å². The van der Waals surface area contributed by atoms with Gasteiger partial charge in [0.15, 0.2) is 0 Å². The molecule has 3 aromatic carbocycles. The van der Waals surface area contributed by atoms with Crippen LogP contribution >= 0.6 is 0 Å². The van der Waals surface area contributed by atoms with Gasteiger partial charge >= 0.3 is 0 Å². The van der Waals surface area contributed by atoms with E-state index in [1.54, 1.807) is 0 Å². The van der Waals surface area contributed by atoms with Crippen LogP contribution in [0.3, 0.4) is 0 Å². The Bertz CT molecular complexity index is 926. The van der Waals surface area contributed by atoms with Crippen molar-refractivity contribution >= 4 is 0 Å². The van der Waals surface area contributed by atoms with E-state index < -0.39 is 0 Å². The summed E-state index contributed by atoms with van der Waals surface area (Å²) in [5.41, 5.74) is 4.34. The van der Waals surface area contributed by atoms with E-state index in [2.05, 4.69) is 106 Å². The zero-order valence-electron chi connectivity index (χ0n) is 19.2. The van der Waals surface area contributed by atoms with Crippen molar-refractivity contribution in [1.82, 2.24) is 14.7 Å². The molecular formula is C30H33N3. The average Bonchev–Trinajstić information content (AvgIpc) is 2.85. The molecule has 0 spiro atoms. The number of rotatable bonds is 6. The lowest BCUT2D eigenvalue weighted by molar-refractivity contribution is -0.309. The summed E-state index contributed by atoms with van der Waals surface area (Å²) in [7, 11) is 0. The number of piperidine rings is 3. The van der Waals surface area contributed by atoms with Gasteiger partial charge in [-0.05, 0) is 53.7 Å². The van der Waals surface area contributed by atoms with Gasteiger partial charge in [-0.2, -0.15) is 0 Å². The first-order valence-corrected chi connectivity index (χ1v) is 12.7. The second-order valence-electron chi connectivity index (χ2n) is 10.7. The molecule has 0 amide bonds. The molecule has 4 saturated heterocycles. The van der Waals surface area contributed by atoms with Crippen LogP contribution < -0.4 is 0 Å². The fraction of sp³-hybridized carbons (Fsp3) is 0.400. The third kappa shape index (κ3) is 3.37. The molecule has 8 rings (SSSR count). The van der Waals surface area contributed by atoms with Crippen molar-refractivity contribution in [3.8, 4) is 0 Å². The minimum Gasteiger partial charge on any atom is -0.267 e. The summed E-state index contributed by atoms with van der Waals surface area (Å²) in [6, 6.07) is 33.5. The van der Waals surface area contributed by atoms with Gasteiger partial charge in [-0.15, -0.1) is 0 Å². The topological polar surface area (TPSA) is 9.72 Å². The zero-order valence-corrected chi connectivity index (χ0v) is 19.2. The molecule has 5 aliphatic rings. The Balaban J connectivity index is 1.30. The van der Waals surface area contributed by atoms with E-state index in [-0.39, 0.29) is 0 Å². The van der Waals surface area contributed by atoms with Crippen LogP contribution in [0.25, 0.3) is 0 Å². The van der Waals surface area contributed by atoms with Crippen LogP contribution in [0.2, 0.25) is 0 Å². The van der Waals surface area contributed by atoms with Gasteiger partial charge in [0.2, 0.25) is 0 Å². The summed E-state index contributed by atoms with van der Waals surface area (Å²) >= 11 is 0. The van der Waals surface area contributed by atoms with Crippen LogP contribution in [0.4, 0.5) is 0 Å². The lowest BCUT2D eigenvalue weighted by Crippen LogP contribution is -2.81. The van der Waals surface area contributed by atoms with Crippen molar-refractivity contribution in [3.63, 3.8) is 0 Å². The van der Waals surface area contributed by atoms with Gasteiger partial charge in [0.1, 0.15) is 0 Å². The molecule has 0 unspecified atom stereocenters. The van der Waals surface area contributed by atoms with Gasteiger partial charge in [-0.3, -0.25) is 14.7 Å². The molecule has 0 radical (unpaired) electrons. The molecule has 0 aromatic heterocycles. The predicted molar refractivity (Wildman–Crippen MR) is 132 cm³/mol. The largest absolute Gasteiger partial charge is 0.267 e. The van der Waals surface area contributed by atoms with Crippen LogP contribution in [0.1, 0.15) is 36.0 Å². The third-order valence-corrected chi connectivity index (χ3v) is 8.74. The molecule has 0 atom stereocenters. The van der Waals surface area contributed by atoms with E-state index in [1.807, 2.05) is 0 Å². The van der Waals surface area contributed by atoms with E-state index in [4.69, 9.17) is 0 Å². The minimum absolute atomic E-state index is 0.556. The second kappa shape index (κ2) is 8.09. The van der Waals surface area contributed by atoms with Gasteiger partial charge in [-0.25, -0.2) is 0 Å². The van der Waals surface area contributed by atoms with E-state index >= 15 is 0 Å². The summed E-state index contributed by atoms with van der Waals surface area (Å²) in [4.78, 5) is 8.68. The first-order chi connectivity index (χ1) is 16.3. The molecule has 3 aromatic rings. The quantitative estimate of drug-likeness (QED) is 0.503. The highest BCUT2D eigenvalue weighted by Crippen LogP contribution is 2.58. The molecule has 3 nitrogen and oxygen atoms in total. The van der Waals surface area contributed by atoms with Crippen LogP contribution in [-0.4, -0.2) is 33.2 Å². The maximum Gasteiger partial charge on any atom is 0.0684 e. The fourth-order valence-corrected chi connectivity index (χ4v) is 7.80. The Morgan fingerprint density at radius 2 is 0.697 bits per heavy atom. The zero-order chi connectivity index (χ0) is 21.8. The Kier molecular flexibility index (Phi) is 4.89. The maximum absolute atomic E-state index is 2.89. The van der Waals surface area contributed by atoms with Crippen LogP contribution in [0.15, 0.2) is 91.0 Å². The van der Waals surface area contributed by atoms with E-state index in [9.17, 15) is 0 Å². The number of nitrogens with zero attached hydrogens (tertiary/aromatic N) is 3. The molecule has 168 valence electrons. The number of hydrogen-bond donors (Lipinski definition) is 0. The van der Waals surface area contributed by atoms with E-state index in [0.29, 0.717) is 18.5 Å². The smallest absolute Gasteiger partial charge is 0.0684 e. The summed E-state index contributed by atoms with van der Waals surface area (Å²) in [6.45, 7) is 3.16. The third-order valence-electron chi connectivity index (χ3n) is 8.74. The molecule has 6 bridgehead atoms. The van der Waals surface area contributed by atoms with Gasteiger partial charge in [0.25, 0.3) is 0 Å². The van der Waals surface area contributed by atoms with Crippen LogP contribution in [0.5, 0.6) is 0 Å². The van der Waals surface area contributed by atoms with Crippen molar-refractivity contribution in [2.24, 2.45) is 17.8 Å². The van der Waals surface area contributed by atoms with Crippen molar-refractivity contribution in [1.29, 1.82) is 0 Å². The highest BCUT2D eigenvalue weighted by Gasteiger charge is 2.63. The predicted octanol–water partition coefficient (Wildman–Crippen LogP) is 5.54.